The zero-order valence-electron chi connectivity index (χ0n) is 17.1. The van der Waals surface area contributed by atoms with Crippen LogP contribution in [-0.4, -0.2) is 58.9 Å². The number of rotatable bonds is 5. The first-order chi connectivity index (χ1) is 14.6. The number of H-pyrrole nitrogens is 1. The molecule has 2 aromatic carbocycles. The summed E-state index contributed by atoms with van der Waals surface area (Å²) in [6.07, 6.45) is 1.86. The lowest BCUT2D eigenvalue weighted by Crippen LogP contribution is -2.54. The summed E-state index contributed by atoms with van der Waals surface area (Å²) in [5.41, 5.74) is 3.00. The van der Waals surface area contributed by atoms with Crippen LogP contribution in [0.4, 0.5) is 10.5 Å². The van der Waals surface area contributed by atoms with Crippen molar-refractivity contribution in [1.29, 1.82) is 0 Å². The number of hydrogen-bond donors (Lipinski definition) is 3. The SMILES string of the molecule is C[C@H](NC(=O)N1CCN(Cc2ccccc2)CC1)C(=O)Nc1ccc2[nH]ccc2c1. The molecule has 0 unspecified atom stereocenters. The lowest BCUT2D eigenvalue weighted by Gasteiger charge is -2.35. The van der Waals surface area contributed by atoms with Crippen LogP contribution in [0.2, 0.25) is 0 Å². The van der Waals surface area contributed by atoms with Gasteiger partial charge in [-0.3, -0.25) is 9.69 Å². The van der Waals surface area contributed by atoms with Gasteiger partial charge >= 0.3 is 6.03 Å². The van der Waals surface area contributed by atoms with Gasteiger partial charge in [-0.2, -0.15) is 0 Å². The molecule has 0 saturated carbocycles. The van der Waals surface area contributed by atoms with Gasteiger partial charge in [-0.15, -0.1) is 0 Å². The van der Waals surface area contributed by atoms with Crippen molar-refractivity contribution in [1.82, 2.24) is 20.1 Å². The molecule has 4 rings (SSSR count). The Morgan fingerprint density at radius 1 is 1.03 bits per heavy atom. The Bertz CT molecular complexity index is 1010. The average molecular weight is 406 g/mol. The van der Waals surface area contributed by atoms with Gasteiger partial charge in [0.2, 0.25) is 5.91 Å². The molecule has 0 aliphatic carbocycles. The van der Waals surface area contributed by atoms with E-state index in [9.17, 15) is 9.59 Å². The van der Waals surface area contributed by atoms with E-state index < -0.39 is 6.04 Å². The van der Waals surface area contributed by atoms with Gasteiger partial charge in [0.15, 0.2) is 0 Å². The van der Waals surface area contributed by atoms with E-state index in [4.69, 9.17) is 0 Å². The van der Waals surface area contributed by atoms with Crippen molar-refractivity contribution in [3.05, 3.63) is 66.4 Å². The highest BCUT2D eigenvalue weighted by atomic mass is 16.2. The monoisotopic (exact) mass is 405 g/mol. The van der Waals surface area contributed by atoms with E-state index in [0.29, 0.717) is 18.8 Å². The summed E-state index contributed by atoms with van der Waals surface area (Å²) >= 11 is 0. The zero-order valence-corrected chi connectivity index (χ0v) is 17.1. The van der Waals surface area contributed by atoms with Crippen molar-refractivity contribution in [2.75, 3.05) is 31.5 Å². The van der Waals surface area contributed by atoms with E-state index in [0.717, 1.165) is 30.5 Å². The van der Waals surface area contributed by atoms with Gasteiger partial charge in [0.05, 0.1) is 0 Å². The second kappa shape index (κ2) is 9.00. The van der Waals surface area contributed by atoms with Gasteiger partial charge in [-0.25, -0.2) is 4.79 Å². The number of urea groups is 1. The standard InChI is InChI=1S/C23H27N5O2/c1-17(22(29)26-20-7-8-21-19(15-20)9-10-24-21)25-23(30)28-13-11-27(12-14-28)16-18-5-3-2-4-6-18/h2-10,15,17,24H,11-14,16H2,1H3,(H,25,30)(H,26,29)/t17-/m0/s1. The number of benzene rings is 2. The number of piperazine rings is 1. The van der Waals surface area contributed by atoms with Gasteiger partial charge in [-0.1, -0.05) is 30.3 Å². The first-order valence-electron chi connectivity index (χ1n) is 10.3. The largest absolute Gasteiger partial charge is 0.361 e. The molecule has 0 spiro atoms. The van der Waals surface area contributed by atoms with Crippen LogP contribution in [0, 0.1) is 0 Å². The van der Waals surface area contributed by atoms with Crippen LogP contribution in [0.15, 0.2) is 60.8 Å². The Labute approximate surface area is 176 Å². The summed E-state index contributed by atoms with van der Waals surface area (Å²) in [5, 5.41) is 6.71. The maximum absolute atomic E-state index is 12.6. The molecule has 3 amide bonds. The summed E-state index contributed by atoms with van der Waals surface area (Å²) in [4.78, 5) is 32.3. The number of amides is 3. The van der Waals surface area contributed by atoms with E-state index in [1.165, 1.54) is 5.56 Å². The van der Waals surface area contributed by atoms with E-state index in [-0.39, 0.29) is 11.9 Å². The average Bonchev–Trinajstić information content (AvgIpc) is 3.23. The van der Waals surface area contributed by atoms with E-state index in [1.54, 1.807) is 11.8 Å². The van der Waals surface area contributed by atoms with Crippen molar-refractivity contribution >= 4 is 28.5 Å². The van der Waals surface area contributed by atoms with E-state index in [2.05, 4.69) is 32.7 Å². The van der Waals surface area contributed by atoms with Gasteiger partial charge in [0.25, 0.3) is 0 Å². The first kappa shape index (κ1) is 20.0. The van der Waals surface area contributed by atoms with Crippen LogP contribution in [0.1, 0.15) is 12.5 Å². The maximum Gasteiger partial charge on any atom is 0.318 e. The van der Waals surface area contributed by atoms with E-state index in [1.807, 2.05) is 48.7 Å². The molecular formula is C23H27N5O2. The summed E-state index contributed by atoms with van der Waals surface area (Å²) in [7, 11) is 0. The molecule has 30 heavy (non-hydrogen) atoms. The number of fused-ring (bicyclic) bond motifs is 1. The van der Waals surface area contributed by atoms with Crippen molar-refractivity contribution in [2.24, 2.45) is 0 Å². The number of anilines is 1. The van der Waals surface area contributed by atoms with Crippen LogP contribution in [0.3, 0.4) is 0 Å². The highest BCUT2D eigenvalue weighted by Crippen LogP contribution is 2.18. The topological polar surface area (TPSA) is 80.5 Å². The fourth-order valence-corrected chi connectivity index (χ4v) is 3.67. The maximum atomic E-state index is 12.6. The number of hydrogen-bond acceptors (Lipinski definition) is 3. The molecule has 1 aliphatic rings. The fraction of sp³-hybridized carbons (Fsp3) is 0.304. The van der Waals surface area contributed by atoms with Crippen LogP contribution < -0.4 is 10.6 Å². The van der Waals surface area contributed by atoms with Crippen LogP contribution in [0.5, 0.6) is 0 Å². The number of aromatic amines is 1. The third-order valence-corrected chi connectivity index (χ3v) is 5.46. The first-order valence-corrected chi connectivity index (χ1v) is 10.3. The molecule has 7 heteroatoms. The van der Waals surface area contributed by atoms with Crippen molar-refractivity contribution in [2.45, 2.75) is 19.5 Å². The van der Waals surface area contributed by atoms with Gasteiger partial charge in [0, 0.05) is 55.5 Å². The number of carbonyl (C=O) groups excluding carboxylic acids is 2. The number of carbonyl (C=O) groups is 2. The molecule has 3 N–H and O–H groups in total. The summed E-state index contributed by atoms with van der Waals surface area (Å²) < 4.78 is 0. The molecule has 7 nitrogen and oxygen atoms in total. The number of aromatic nitrogens is 1. The van der Waals surface area contributed by atoms with Crippen molar-refractivity contribution in [3.63, 3.8) is 0 Å². The summed E-state index contributed by atoms with van der Waals surface area (Å²) in [6.45, 7) is 5.53. The molecule has 3 aromatic rings. The molecule has 1 saturated heterocycles. The normalized spacial score (nSPS) is 15.7. The molecule has 0 bridgehead atoms. The van der Waals surface area contributed by atoms with Gasteiger partial charge in [0.1, 0.15) is 6.04 Å². The Balaban J connectivity index is 1.24. The predicted octanol–water partition coefficient (Wildman–Crippen LogP) is 3.02. The third kappa shape index (κ3) is 4.80. The Morgan fingerprint density at radius 3 is 2.57 bits per heavy atom. The molecule has 1 fully saturated rings. The quantitative estimate of drug-likeness (QED) is 0.610. The van der Waals surface area contributed by atoms with Crippen molar-refractivity contribution < 1.29 is 9.59 Å². The lowest BCUT2D eigenvalue weighted by molar-refractivity contribution is -0.117. The van der Waals surface area contributed by atoms with Crippen LogP contribution in [-0.2, 0) is 11.3 Å². The van der Waals surface area contributed by atoms with Crippen LogP contribution >= 0.6 is 0 Å². The third-order valence-electron chi connectivity index (χ3n) is 5.46. The molecule has 0 radical (unpaired) electrons. The lowest BCUT2D eigenvalue weighted by atomic mass is 10.2. The fourth-order valence-electron chi connectivity index (χ4n) is 3.67. The number of nitrogens with one attached hydrogen (secondary N) is 3. The Morgan fingerprint density at radius 2 is 1.80 bits per heavy atom. The zero-order chi connectivity index (χ0) is 20.9. The number of nitrogens with zero attached hydrogens (tertiary/aromatic N) is 2. The second-order valence-corrected chi connectivity index (χ2v) is 7.69. The Kier molecular flexibility index (Phi) is 5.99. The van der Waals surface area contributed by atoms with Crippen LogP contribution in [0.25, 0.3) is 10.9 Å². The van der Waals surface area contributed by atoms with Gasteiger partial charge < -0.3 is 20.5 Å². The predicted molar refractivity (Wildman–Crippen MR) is 118 cm³/mol. The minimum absolute atomic E-state index is 0.196. The molecule has 1 aliphatic heterocycles. The Hall–Kier alpha value is -3.32. The summed E-state index contributed by atoms with van der Waals surface area (Å²) in [6, 6.07) is 17.1. The molecule has 1 atom stereocenters. The van der Waals surface area contributed by atoms with Crippen molar-refractivity contribution in [3.8, 4) is 0 Å². The highest BCUT2D eigenvalue weighted by molar-refractivity contribution is 5.98. The molecule has 2 heterocycles. The molecular weight excluding hydrogens is 378 g/mol. The smallest absolute Gasteiger partial charge is 0.318 e. The van der Waals surface area contributed by atoms with E-state index >= 15 is 0 Å². The second-order valence-electron chi connectivity index (χ2n) is 7.69. The highest BCUT2D eigenvalue weighted by Gasteiger charge is 2.24. The molecule has 156 valence electrons. The minimum atomic E-state index is -0.623. The molecule has 1 aromatic heterocycles. The van der Waals surface area contributed by atoms with Gasteiger partial charge in [-0.05, 0) is 36.8 Å². The minimum Gasteiger partial charge on any atom is -0.361 e. The summed E-state index contributed by atoms with van der Waals surface area (Å²) in [5.74, 6) is -0.235.